The van der Waals surface area contributed by atoms with E-state index in [1.807, 2.05) is 24.3 Å². The Hall–Kier alpha value is -3.16. The number of hydrogen-bond donors (Lipinski definition) is 2. The quantitative estimate of drug-likeness (QED) is 0.470. The maximum atomic E-state index is 12.7. The number of amides is 2. The first kappa shape index (κ1) is 23.5. The van der Waals surface area contributed by atoms with E-state index in [2.05, 4.69) is 37.4 Å². The molecular weight excluding hydrogens is 448 g/mol. The molecule has 0 spiro atoms. The molecule has 0 aliphatic heterocycles. The Balaban J connectivity index is 1.70. The SMILES string of the molecule is COc1cc(C(=O)Nc2ccc(Sc3ccc(C)c(C)c3)cc2)cc(Cl)c1OCC(N)=O. The van der Waals surface area contributed by atoms with E-state index in [1.54, 1.807) is 11.8 Å². The van der Waals surface area contributed by atoms with Crippen LogP contribution in [0.2, 0.25) is 5.02 Å². The molecule has 166 valence electrons. The van der Waals surface area contributed by atoms with Crippen LogP contribution in [0, 0.1) is 13.8 Å². The van der Waals surface area contributed by atoms with Gasteiger partial charge in [-0.15, -0.1) is 0 Å². The summed E-state index contributed by atoms with van der Waals surface area (Å²) < 4.78 is 10.5. The van der Waals surface area contributed by atoms with Crippen LogP contribution in [0.15, 0.2) is 64.4 Å². The third-order valence-electron chi connectivity index (χ3n) is 4.68. The monoisotopic (exact) mass is 470 g/mol. The number of carbonyl (C=O) groups excluding carboxylic acids is 2. The van der Waals surface area contributed by atoms with Crippen molar-refractivity contribution in [2.24, 2.45) is 5.73 Å². The summed E-state index contributed by atoms with van der Waals surface area (Å²) in [5.74, 6) is -0.633. The second kappa shape index (κ2) is 10.4. The molecule has 3 rings (SSSR count). The van der Waals surface area contributed by atoms with E-state index in [9.17, 15) is 9.59 Å². The lowest BCUT2D eigenvalue weighted by molar-refractivity contribution is -0.119. The summed E-state index contributed by atoms with van der Waals surface area (Å²) in [6.07, 6.45) is 0. The van der Waals surface area contributed by atoms with Gasteiger partial charge in [0.15, 0.2) is 18.1 Å². The molecule has 6 nitrogen and oxygen atoms in total. The fraction of sp³-hybridized carbons (Fsp3) is 0.167. The Labute approximate surface area is 196 Å². The second-order valence-corrected chi connectivity index (χ2v) is 8.63. The zero-order valence-electron chi connectivity index (χ0n) is 17.9. The Morgan fingerprint density at radius 1 is 1.00 bits per heavy atom. The standard InChI is InChI=1S/C24H23ClN2O4S/c1-14-4-7-19(10-15(14)2)32-18-8-5-17(6-9-18)27-24(29)16-11-20(25)23(21(12-16)30-3)31-13-22(26)28/h4-12H,13H2,1-3H3,(H2,26,28)(H,27,29). The van der Waals surface area contributed by atoms with Crippen LogP contribution in [-0.2, 0) is 4.79 Å². The molecule has 3 N–H and O–H groups in total. The van der Waals surface area contributed by atoms with Gasteiger partial charge in [0.1, 0.15) is 0 Å². The number of aryl methyl sites for hydroxylation is 2. The van der Waals surface area contributed by atoms with Crippen LogP contribution in [0.3, 0.4) is 0 Å². The first-order valence-electron chi connectivity index (χ1n) is 9.72. The molecule has 0 saturated heterocycles. The zero-order valence-corrected chi connectivity index (χ0v) is 19.5. The molecule has 0 aromatic heterocycles. The fourth-order valence-electron chi connectivity index (χ4n) is 2.86. The molecule has 0 radical (unpaired) electrons. The lowest BCUT2D eigenvalue weighted by Crippen LogP contribution is -2.20. The van der Waals surface area contributed by atoms with Gasteiger partial charge in [0.25, 0.3) is 11.8 Å². The summed E-state index contributed by atoms with van der Waals surface area (Å²) in [7, 11) is 1.41. The summed E-state index contributed by atoms with van der Waals surface area (Å²) in [5, 5.41) is 2.97. The molecular formula is C24H23ClN2O4S. The van der Waals surface area contributed by atoms with E-state index in [0.29, 0.717) is 5.69 Å². The molecule has 0 atom stereocenters. The predicted octanol–water partition coefficient (Wildman–Crippen LogP) is 5.23. The number of anilines is 1. The van der Waals surface area contributed by atoms with Crippen molar-refractivity contribution in [1.29, 1.82) is 0 Å². The highest BCUT2D eigenvalue weighted by Crippen LogP contribution is 2.36. The first-order valence-corrected chi connectivity index (χ1v) is 10.9. The molecule has 2 amide bonds. The minimum atomic E-state index is -0.649. The van der Waals surface area contributed by atoms with Gasteiger partial charge in [0.2, 0.25) is 0 Å². The van der Waals surface area contributed by atoms with Crippen LogP contribution in [0.25, 0.3) is 0 Å². The van der Waals surface area contributed by atoms with Crippen molar-refractivity contribution < 1.29 is 19.1 Å². The molecule has 8 heteroatoms. The average Bonchev–Trinajstić information content (AvgIpc) is 2.76. The summed E-state index contributed by atoms with van der Waals surface area (Å²) in [4.78, 5) is 25.9. The first-order chi connectivity index (χ1) is 15.3. The molecule has 0 aliphatic carbocycles. The average molecular weight is 471 g/mol. The lowest BCUT2D eigenvalue weighted by Gasteiger charge is -2.13. The Kier molecular flexibility index (Phi) is 7.66. The molecule has 3 aromatic rings. The zero-order chi connectivity index (χ0) is 23.3. The number of carbonyl (C=O) groups is 2. The smallest absolute Gasteiger partial charge is 0.255 e. The van der Waals surface area contributed by atoms with Gasteiger partial charge in [-0.05, 0) is 73.5 Å². The highest BCUT2D eigenvalue weighted by atomic mass is 35.5. The largest absolute Gasteiger partial charge is 0.493 e. The Morgan fingerprint density at radius 3 is 2.31 bits per heavy atom. The van der Waals surface area contributed by atoms with E-state index >= 15 is 0 Å². The van der Waals surface area contributed by atoms with Crippen molar-refractivity contribution in [3.05, 3.63) is 76.3 Å². The molecule has 0 saturated carbocycles. The third kappa shape index (κ3) is 5.96. The Morgan fingerprint density at radius 2 is 1.69 bits per heavy atom. The van der Waals surface area contributed by atoms with Crippen molar-refractivity contribution in [1.82, 2.24) is 0 Å². The number of hydrogen-bond acceptors (Lipinski definition) is 5. The van der Waals surface area contributed by atoms with Crippen molar-refractivity contribution >= 4 is 40.9 Å². The molecule has 0 heterocycles. The van der Waals surface area contributed by atoms with Crippen molar-refractivity contribution in [2.75, 3.05) is 19.0 Å². The van der Waals surface area contributed by atoms with Gasteiger partial charge in [0, 0.05) is 21.0 Å². The van der Waals surface area contributed by atoms with Crippen molar-refractivity contribution in [3.8, 4) is 11.5 Å². The van der Waals surface area contributed by atoms with Crippen molar-refractivity contribution in [3.63, 3.8) is 0 Å². The minimum absolute atomic E-state index is 0.135. The van der Waals surface area contributed by atoms with Gasteiger partial charge < -0.3 is 20.5 Å². The number of benzene rings is 3. The highest BCUT2D eigenvalue weighted by Gasteiger charge is 2.17. The number of rotatable bonds is 8. The number of halogens is 1. The summed E-state index contributed by atoms with van der Waals surface area (Å²) >= 11 is 7.88. The van der Waals surface area contributed by atoms with Gasteiger partial charge in [-0.2, -0.15) is 0 Å². The van der Waals surface area contributed by atoms with Crippen LogP contribution in [-0.4, -0.2) is 25.5 Å². The van der Waals surface area contributed by atoms with E-state index in [0.717, 1.165) is 9.79 Å². The normalized spacial score (nSPS) is 10.5. The maximum Gasteiger partial charge on any atom is 0.255 e. The van der Waals surface area contributed by atoms with Gasteiger partial charge in [-0.25, -0.2) is 0 Å². The number of nitrogens with two attached hydrogens (primary N) is 1. The molecule has 32 heavy (non-hydrogen) atoms. The molecule has 0 fully saturated rings. The summed E-state index contributed by atoms with van der Waals surface area (Å²) in [6, 6.07) is 16.9. The molecule has 0 bridgehead atoms. The highest BCUT2D eigenvalue weighted by molar-refractivity contribution is 7.99. The molecule has 0 unspecified atom stereocenters. The van der Waals surface area contributed by atoms with Gasteiger partial charge in [-0.3, -0.25) is 9.59 Å². The van der Waals surface area contributed by atoms with Gasteiger partial charge in [0.05, 0.1) is 12.1 Å². The van der Waals surface area contributed by atoms with E-state index in [4.69, 9.17) is 26.8 Å². The van der Waals surface area contributed by atoms with Crippen molar-refractivity contribution in [2.45, 2.75) is 23.6 Å². The summed E-state index contributed by atoms with van der Waals surface area (Å²) in [6.45, 7) is 3.83. The second-order valence-electron chi connectivity index (χ2n) is 7.07. The van der Waals surface area contributed by atoms with E-state index in [-0.39, 0.29) is 34.6 Å². The van der Waals surface area contributed by atoms with E-state index in [1.165, 1.54) is 30.4 Å². The van der Waals surface area contributed by atoms with Crippen LogP contribution in [0.5, 0.6) is 11.5 Å². The maximum absolute atomic E-state index is 12.7. The molecule has 0 aliphatic rings. The third-order valence-corrected chi connectivity index (χ3v) is 5.95. The van der Waals surface area contributed by atoms with E-state index < -0.39 is 5.91 Å². The summed E-state index contributed by atoms with van der Waals surface area (Å²) in [5.41, 5.74) is 8.53. The van der Waals surface area contributed by atoms with Gasteiger partial charge in [-0.1, -0.05) is 29.4 Å². The lowest BCUT2D eigenvalue weighted by atomic mass is 10.1. The minimum Gasteiger partial charge on any atom is -0.493 e. The fourth-order valence-corrected chi connectivity index (χ4v) is 4.04. The number of primary amides is 1. The van der Waals surface area contributed by atoms with Crippen LogP contribution in [0.1, 0.15) is 21.5 Å². The number of ether oxygens (including phenoxy) is 2. The van der Waals surface area contributed by atoms with Crippen LogP contribution >= 0.6 is 23.4 Å². The topological polar surface area (TPSA) is 90.7 Å². The number of methoxy groups -OCH3 is 1. The Bertz CT molecular complexity index is 1150. The van der Waals surface area contributed by atoms with Crippen LogP contribution in [0.4, 0.5) is 5.69 Å². The van der Waals surface area contributed by atoms with Gasteiger partial charge >= 0.3 is 0 Å². The van der Waals surface area contributed by atoms with Crippen LogP contribution < -0.4 is 20.5 Å². The number of nitrogens with one attached hydrogen (secondary N) is 1. The molecule has 3 aromatic carbocycles. The predicted molar refractivity (Wildman–Crippen MR) is 127 cm³/mol.